The van der Waals surface area contributed by atoms with E-state index in [4.69, 9.17) is 18.9 Å². The predicted octanol–water partition coefficient (Wildman–Crippen LogP) is 11.0. The molecule has 0 aliphatic heterocycles. The molecule has 0 fully saturated rings. The molecule has 338 valence electrons. The van der Waals surface area contributed by atoms with Crippen LogP contribution >= 0.6 is 0 Å². The van der Waals surface area contributed by atoms with Crippen molar-refractivity contribution in [2.75, 3.05) is 47.5 Å². The maximum atomic E-state index is 12.7. The second kappa shape index (κ2) is 41.5. The van der Waals surface area contributed by atoms with Gasteiger partial charge in [-0.3, -0.25) is 9.59 Å². The highest BCUT2D eigenvalue weighted by molar-refractivity contribution is 5.71. The van der Waals surface area contributed by atoms with Gasteiger partial charge in [0, 0.05) is 6.42 Å². The molecule has 0 saturated carbocycles. The van der Waals surface area contributed by atoms with Crippen LogP contribution in [0.1, 0.15) is 168 Å². The molecule has 0 aliphatic rings. The minimum atomic E-state index is -1.65. The van der Waals surface area contributed by atoms with Crippen LogP contribution in [0.15, 0.2) is 72.9 Å². The highest BCUT2D eigenvalue weighted by Crippen LogP contribution is 2.13. The zero-order valence-electron chi connectivity index (χ0n) is 38.1. The molecular formula is C50H85NO8. The molecule has 0 aromatic heterocycles. The monoisotopic (exact) mass is 828 g/mol. The van der Waals surface area contributed by atoms with Gasteiger partial charge in [-0.2, -0.15) is 0 Å². The molecule has 0 radical (unpaired) electrons. The molecule has 0 aliphatic carbocycles. The average molecular weight is 828 g/mol. The van der Waals surface area contributed by atoms with E-state index in [9.17, 15) is 19.5 Å². The smallest absolute Gasteiger partial charge is 0.310 e. The Bertz CT molecular complexity index is 1200. The van der Waals surface area contributed by atoms with Crippen LogP contribution in [0.4, 0.5) is 0 Å². The number of hydrogen-bond acceptors (Lipinski definition) is 8. The predicted molar refractivity (Wildman–Crippen MR) is 241 cm³/mol. The Balaban J connectivity index is 4.51. The van der Waals surface area contributed by atoms with Crippen LogP contribution in [-0.4, -0.2) is 82.3 Å². The molecule has 0 saturated heterocycles. The third-order valence-electron chi connectivity index (χ3n) is 9.47. The third-order valence-corrected chi connectivity index (χ3v) is 9.47. The summed E-state index contributed by atoms with van der Waals surface area (Å²) in [6, 6.07) is 0. The summed E-state index contributed by atoms with van der Waals surface area (Å²) >= 11 is 0. The Kier molecular flexibility index (Phi) is 39.2. The summed E-state index contributed by atoms with van der Waals surface area (Å²) in [7, 11) is 5.87. The molecule has 0 heterocycles. The lowest BCUT2D eigenvalue weighted by molar-refractivity contribution is -0.870. The number of aliphatic carboxylic acids is 1. The first-order valence-electron chi connectivity index (χ1n) is 23.1. The summed E-state index contributed by atoms with van der Waals surface area (Å²) in [5, 5.41) is 11.7. The number of carboxylic acids is 1. The Hall–Kier alpha value is -3.27. The van der Waals surface area contributed by atoms with E-state index in [1.165, 1.54) is 83.5 Å². The number of carbonyl (C=O) groups excluding carboxylic acids is 3. The molecular weight excluding hydrogens is 743 g/mol. The zero-order valence-corrected chi connectivity index (χ0v) is 38.1. The van der Waals surface area contributed by atoms with Crippen molar-refractivity contribution in [2.24, 2.45) is 0 Å². The van der Waals surface area contributed by atoms with Gasteiger partial charge < -0.3 is 33.3 Å². The number of carboxylic acid groups (broad SMARTS) is 1. The van der Waals surface area contributed by atoms with Crippen LogP contribution in [-0.2, 0) is 33.3 Å². The summed E-state index contributed by atoms with van der Waals surface area (Å²) in [4.78, 5) is 36.9. The molecule has 0 rings (SSSR count). The van der Waals surface area contributed by atoms with Gasteiger partial charge in [-0.05, 0) is 64.2 Å². The van der Waals surface area contributed by atoms with Gasteiger partial charge in [0.15, 0.2) is 12.4 Å². The topological polar surface area (TPSA) is 111 Å². The van der Waals surface area contributed by atoms with Gasteiger partial charge >= 0.3 is 11.9 Å². The number of allylic oxidation sites excluding steroid dienone is 11. The van der Waals surface area contributed by atoms with Crippen molar-refractivity contribution < 1.29 is 42.9 Å². The van der Waals surface area contributed by atoms with Crippen molar-refractivity contribution in [1.82, 2.24) is 0 Å². The number of hydrogen-bond donors (Lipinski definition) is 0. The lowest BCUT2D eigenvalue weighted by Crippen LogP contribution is -2.44. The van der Waals surface area contributed by atoms with Crippen molar-refractivity contribution in [2.45, 2.75) is 180 Å². The van der Waals surface area contributed by atoms with Gasteiger partial charge in [-0.15, -0.1) is 0 Å². The number of esters is 2. The molecule has 9 nitrogen and oxygen atoms in total. The van der Waals surface area contributed by atoms with Gasteiger partial charge in [-0.25, -0.2) is 0 Å². The number of likely N-dealkylation sites (N-methyl/N-ethyl adjacent to an activating group) is 1. The molecule has 2 atom stereocenters. The van der Waals surface area contributed by atoms with E-state index in [0.717, 1.165) is 51.4 Å². The second-order valence-electron chi connectivity index (χ2n) is 16.3. The summed E-state index contributed by atoms with van der Waals surface area (Å²) in [6.07, 6.45) is 48.2. The quantitative estimate of drug-likeness (QED) is 0.0197. The highest BCUT2D eigenvalue weighted by atomic mass is 16.7. The lowest BCUT2D eigenvalue weighted by Gasteiger charge is -2.26. The van der Waals surface area contributed by atoms with E-state index in [0.29, 0.717) is 17.4 Å². The SMILES string of the molecule is CC/C=C\C/C=C\C/C=C\C/C=C\C/C=C\CC(=O)OC(COC(=O)CCCCCCCCCCC/C=C\CCCCCCCC)COC(OCC[N+](C)(C)C)C(=O)[O-]. The Morgan fingerprint density at radius 1 is 0.542 bits per heavy atom. The largest absolute Gasteiger partial charge is 0.545 e. The van der Waals surface area contributed by atoms with E-state index in [-0.39, 0.29) is 38.6 Å². The first-order valence-corrected chi connectivity index (χ1v) is 23.1. The van der Waals surface area contributed by atoms with E-state index in [2.05, 4.69) is 68.5 Å². The first kappa shape index (κ1) is 55.7. The van der Waals surface area contributed by atoms with E-state index in [1.54, 1.807) is 6.08 Å². The lowest BCUT2D eigenvalue weighted by atomic mass is 10.1. The Labute approximate surface area is 360 Å². The molecule has 2 unspecified atom stereocenters. The Morgan fingerprint density at radius 3 is 1.51 bits per heavy atom. The van der Waals surface area contributed by atoms with Crippen molar-refractivity contribution in [3.8, 4) is 0 Å². The third kappa shape index (κ3) is 42.7. The summed E-state index contributed by atoms with van der Waals surface area (Å²) in [5.41, 5.74) is 0. The number of nitrogens with zero attached hydrogens (tertiary/aromatic N) is 1. The van der Waals surface area contributed by atoms with Crippen molar-refractivity contribution in [3.05, 3.63) is 72.9 Å². The fourth-order valence-corrected chi connectivity index (χ4v) is 5.90. The fraction of sp³-hybridized carbons (Fsp3) is 0.700. The summed E-state index contributed by atoms with van der Waals surface area (Å²) < 4.78 is 22.4. The molecule has 0 aromatic rings. The molecule has 0 aromatic carbocycles. The Morgan fingerprint density at radius 2 is 1.02 bits per heavy atom. The van der Waals surface area contributed by atoms with E-state index < -0.39 is 24.3 Å². The minimum Gasteiger partial charge on any atom is -0.545 e. The highest BCUT2D eigenvalue weighted by Gasteiger charge is 2.21. The number of carbonyl (C=O) groups is 3. The molecule has 0 N–H and O–H groups in total. The van der Waals surface area contributed by atoms with Crippen LogP contribution in [0.2, 0.25) is 0 Å². The molecule has 0 spiro atoms. The van der Waals surface area contributed by atoms with Gasteiger partial charge in [0.2, 0.25) is 0 Å². The van der Waals surface area contributed by atoms with Crippen LogP contribution in [0.5, 0.6) is 0 Å². The van der Waals surface area contributed by atoms with Gasteiger partial charge in [0.1, 0.15) is 13.2 Å². The number of unbranched alkanes of at least 4 members (excludes halogenated alkanes) is 15. The van der Waals surface area contributed by atoms with Crippen molar-refractivity contribution in [1.29, 1.82) is 0 Å². The minimum absolute atomic E-state index is 0.0125. The zero-order chi connectivity index (χ0) is 43.5. The maximum absolute atomic E-state index is 12.7. The van der Waals surface area contributed by atoms with E-state index >= 15 is 0 Å². The van der Waals surface area contributed by atoms with E-state index in [1.807, 2.05) is 33.3 Å². The first-order chi connectivity index (χ1) is 28.6. The summed E-state index contributed by atoms with van der Waals surface area (Å²) in [5.74, 6) is -2.46. The molecule has 59 heavy (non-hydrogen) atoms. The number of quaternary nitrogens is 1. The average Bonchev–Trinajstić information content (AvgIpc) is 3.19. The van der Waals surface area contributed by atoms with Crippen LogP contribution in [0, 0.1) is 0 Å². The standard InChI is InChI=1S/C50H85NO8/c1-6-8-10-12-14-16-18-20-22-23-24-25-27-28-30-32-34-36-38-40-47(52)57-44-46(45-58-50(49(54)55)56-43-42-51(3,4)5)59-48(53)41-39-37-35-33-31-29-26-21-19-17-15-13-11-9-7-2/h9,11,15,17,20-22,26,31,33,37,39,46,50H,6-8,10,12-14,16,18-19,23-25,27-30,32,34-36,38,40-45H2,1-5H3/b11-9-,17-15-,22-20-,26-21-,33-31-,39-37-. The van der Waals surface area contributed by atoms with Crippen LogP contribution in [0.3, 0.4) is 0 Å². The van der Waals surface area contributed by atoms with Crippen molar-refractivity contribution in [3.63, 3.8) is 0 Å². The summed E-state index contributed by atoms with van der Waals surface area (Å²) in [6.45, 7) is 4.49. The van der Waals surface area contributed by atoms with Crippen LogP contribution in [0.25, 0.3) is 0 Å². The van der Waals surface area contributed by atoms with Crippen molar-refractivity contribution >= 4 is 17.9 Å². The van der Waals surface area contributed by atoms with Gasteiger partial charge in [-0.1, -0.05) is 164 Å². The second-order valence-corrected chi connectivity index (χ2v) is 16.3. The van der Waals surface area contributed by atoms with Crippen LogP contribution < -0.4 is 5.11 Å². The molecule has 0 bridgehead atoms. The number of ether oxygens (including phenoxy) is 4. The normalized spacial score (nSPS) is 13.6. The maximum Gasteiger partial charge on any atom is 0.310 e. The van der Waals surface area contributed by atoms with Gasteiger partial charge in [0.05, 0.1) is 46.7 Å². The van der Waals surface area contributed by atoms with Gasteiger partial charge in [0.25, 0.3) is 0 Å². The molecule has 9 heteroatoms. The number of rotatable bonds is 41. The fourth-order valence-electron chi connectivity index (χ4n) is 5.90. The molecule has 0 amide bonds.